The average Bonchev–Trinajstić information content (AvgIpc) is 2.47. The normalized spacial score (nSPS) is 13.3. The van der Waals surface area contributed by atoms with Crippen LogP contribution >= 0.6 is 0 Å². The van der Waals surface area contributed by atoms with Gasteiger partial charge in [-0.2, -0.15) is 5.10 Å². The van der Waals surface area contributed by atoms with Gasteiger partial charge in [-0.25, -0.2) is 0 Å². The third kappa shape index (κ3) is 1.92. The van der Waals surface area contributed by atoms with Gasteiger partial charge < -0.3 is 4.57 Å². The van der Waals surface area contributed by atoms with Gasteiger partial charge in [0.25, 0.3) is 0 Å². The maximum absolute atomic E-state index is 4.36. The first kappa shape index (κ1) is 13.1. The second-order valence-electron chi connectivity index (χ2n) is 6.99. The topological polar surface area (TPSA) is 30.7 Å². The van der Waals surface area contributed by atoms with E-state index in [1.165, 1.54) is 16.6 Å². The van der Waals surface area contributed by atoms with E-state index in [4.69, 9.17) is 0 Å². The molecule has 2 rings (SSSR count). The first-order valence-corrected chi connectivity index (χ1v) is 6.47. The zero-order valence-corrected chi connectivity index (χ0v) is 12.5. The Labute approximate surface area is 109 Å². The van der Waals surface area contributed by atoms with Crippen LogP contribution in [0.25, 0.3) is 11.0 Å². The highest BCUT2D eigenvalue weighted by Crippen LogP contribution is 2.36. The number of fused-ring (bicyclic) bond motifs is 1. The monoisotopic (exact) mass is 245 g/mol. The van der Waals surface area contributed by atoms with Crippen LogP contribution < -0.4 is 0 Å². The quantitative estimate of drug-likeness (QED) is 0.707. The predicted molar refractivity (Wildman–Crippen MR) is 76.0 cm³/mol. The zero-order chi connectivity index (χ0) is 13.7. The summed E-state index contributed by atoms with van der Waals surface area (Å²) < 4.78 is 2.30. The standard InChI is InChI=1S/C15H23N3/c1-10-12(14(2,3)4)11-8-9-16-17-13(11)18(10)15(5,6)7/h8-9H,1-7H3. The molecular formula is C15H23N3. The van der Waals surface area contributed by atoms with Crippen LogP contribution in [-0.2, 0) is 11.0 Å². The summed E-state index contributed by atoms with van der Waals surface area (Å²) in [6.07, 6.45) is 1.78. The number of aromatic nitrogens is 3. The van der Waals surface area contributed by atoms with Gasteiger partial charge in [0.2, 0.25) is 0 Å². The van der Waals surface area contributed by atoms with E-state index in [-0.39, 0.29) is 11.0 Å². The van der Waals surface area contributed by atoms with Gasteiger partial charge in [0.1, 0.15) is 0 Å². The fourth-order valence-corrected chi connectivity index (χ4v) is 2.92. The Balaban J connectivity index is 2.94. The van der Waals surface area contributed by atoms with Crippen LogP contribution in [0.5, 0.6) is 0 Å². The summed E-state index contributed by atoms with van der Waals surface area (Å²) in [4.78, 5) is 0. The van der Waals surface area contributed by atoms with Gasteiger partial charge in [0.15, 0.2) is 5.65 Å². The van der Waals surface area contributed by atoms with Crippen molar-refractivity contribution in [3.8, 4) is 0 Å². The molecule has 0 aromatic carbocycles. The highest BCUT2D eigenvalue weighted by molar-refractivity contribution is 5.83. The maximum atomic E-state index is 4.36. The summed E-state index contributed by atoms with van der Waals surface area (Å²) in [7, 11) is 0. The lowest BCUT2D eigenvalue weighted by Gasteiger charge is -2.26. The Morgan fingerprint density at radius 2 is 1.67 bits per heavy atom. The van der Waals surface area contributed by atoms with Crippen molar-refractivity contribution in [1.29, 1.82) is 0 Å². The number of hydrogen-bond acceptors (Lipinski definition) is 2. The molecule has 2 heterocycles. The summed E-state index contributed by atoms with van der Waals surface area (Å²) in [5, 5.41) is 9.64. The van der Waals surface area contributed by atoms with Crippen molar-refractivity contribution in [3.63, 3.8) is 0 Å². The summed E-state index contributed by atoms with van der Waals surface area (Å²) >= 11 is 0. The third-order valence-corrected chi connectivity index (χ3v) is 3.30. The summed E-state index contributed by atoms with van der Waals surface area (Å²) in [5.74, 6) is 0. The Morgan fingerprint density at radius 1 is 1.06 bits per heavy atom. The number of rotatable bonds is 0. The lowest BCUT2D eigenvalue weighted by molar-refractivity contribution is 0.396. The van der Waals surface area contributed by atoms with Crippen molar-refractivity contribution < 1.29 is 0 Å². The first-order valence-electron chi connectivity index (χ1n) is 6.47. The molecule has 0 aliphatic carbocycles. The second-order valence-corrected chi connectivity index (χ2v) is 6.99. The van der Waals surface area contributed by atoms with Crippen LogP contribution in [0.1, 0.15) is 52.8 Å². The van der Waals surface area contributed by atoms with E-state index in [2.05, 4.69) is 69.3 Å². The van der Waals surface area contributed by atoms with Crippen molar-refractivity contribution in [2.45, 2.75) is 59.4 Å². The van der Waals surface area contributed by atoms with Crippen LogP contribution in [0.4, 0.5) is 0 Å². The molecule has 0 fully saturated rings. The number of hydrogen-bond donors (Lipinski definition) is 0. The second kappa shape index (κ2) is 3.81. The molecule has 0 amide bonds. The molecule has 0 saturated carbocycles. The van der Waals surface area contributed by atoms with Crippen molar-refractivity contribution in [2.24, 2.45) is 0 Å². The molecule has 0 spiro atoms. The molecule has 0 bridgehead atoms. The molecule has 2 aromatic heterocycles. The van der Waals surface area contributed by atoms with Gasteiger partial charge in [0.05, 0.1) is 6.20 Å². The highest BCUT2D eigenvalue weighted by atomic mass is 15.2. The fraction of sp³-hybridized carbons (Fsp3) is 0.600. The largest absolute Gasteiger partial charge is 0.323 e. The number of nitrogens with zero attached hydrogens (tertiary/aromatic N) is 3. The SMILES string of the molecule is Cc1c(C(C)(C)C)c2ccnnc2n1C(C)(C)C. The summed E-state index contributed by atoms with van der Waals surface area (Å²) in [6.45, 7) is 15.6. The molecule has 0 aliphatic rings. The molecule has 0 saturated heterocycles. The van der Waals surface area contributed by atoms with E-state index in [1.54, 1.807) is 6.20 Å². The minimum atomic E-state index is 0.0157. The van der Waals surface area contributed by atoms with E-state index in [9.17, 15) is 0 Å². The first-order chi connectivity index (χ1) is 8.14. The van der Waals surface area contributed by atoms with Gasteiger partial charge in [-0.05, 0) is 44.7 Å². The molecular weight excluding hydrogens is 222 g/mol. The summed E-state index contributed by atoms with van der Waals surface area (Å²) in [6, 6.07) is 2.08. The van der Waals surface area contributed by atoms with Crippen molar-refractivity contribution in [2.75, 3.05) is 0 Å². The Kier molecular flexibility index (Phi) is 2.76. The molecule has 3 heteroatoms. The van der Waals surface area contributed by atoms with Crippen LogP contribution in [0.3, 0.4) is 0 Å². The molecule has 98 valence electrons. The molecule has 0 atom stereocenters. The lowest BCUT2D eigenvalue weighted by atomic mass is 9.85. The van der Waals surface area contributed by atoms with E-state index in [0.29, 0.717) is 0 Å². The van der Waals surface area contributed by atoms with Crippen molar-refractivity contribution in [3.05, 3.63) is 23.5 Å². The summed E-state index contributed by atoms with van der Waals surface area (Å²) in [5.41, 5.74) is 3.80. The van der Waals surface area contributed by atoms with Crippen LogP contribution in [0.2, 0.25) is 0 Å². The Hall–Kier alpha value is -1.38. The Bertz CT molecular complexity index is 529. The van der Waals surface area contributed by atoms with Gasteiger partial charge in [0, 0.05) is 16.6 Å². The zero-order valence-electron chi connectivity index (χ0n) is 12.5. The van der Waals surface area contributed by atoms with E-state index < -0.39 is 0 Å². The van der Waals surface area contributed by atoms with Gasteiger partial charge >= 0.3 is 0 Å². The van der Waals surface area contributed by atoms with Crippen LogP contribution in [0.15, 0.2) is 12.3 Å². The van der Waals surface area contributed by atoms with E-state index >= 15 is 0 Å². The fourth-order valence-electron chi connectivity index (χ4n) is 2.92. The molecule has 18 heavy (non-hydrogen) atoms. The molecule has 0 aliphatic heterocycles. The van der Waals surface area contributed by atoms with Gasteiger partial charge in [-0.15, -0.1) is 5.10 Å². The lowest BCUT2D eigenvalue weighted by Crippen LogP contribution is -2.24. The molecule has 0 N–H and O–H groups in total. The van der Waals surface area contributed by atoms with Crippen molar-refractivity contribution >= 4 is 11.0 Å². The highest BCUT2D eigenvalue weighted by Gasteiger charge is 2.28. The third-order valence-electron chi connectivity index (χ3n) is 3.30. The van der Waals surface area contributed by atoms with Crippen LogP contribution in [0, 0.1) is 6.92 Å². The molecule has 3 nitrogen and oxygen atoms in total. The van der Waals surface area contributed by atoms with E-state index in [1.807, 2.05) is 0 Å². The predicted octanol–water partition coefficient (Wildman–Crippen LogP) is 3.79. The molecule has 0 radical (unpaired) electrons. The maximum Gasteiger partial charge on any atom is 0.163 e. The van der Waals surface area contributed by atoms with Crippen LogP contribution in [-0.4, -0.2) is 14.8 Å². The minimum Gasteiger partial charge on any atom is -0.323 e. The average molecular weight is 245 g/mol. The Morgan fingerprint density at radius 3 is 2.17 bits per heavy atom. The van der Waals surface area contributed by atoms with Gasteiger partial charge in [-0.3, -0.25) is 0 Å². The van der Waals surface area contributed by atoms with E-state index in [0.717, 1.165) is 5.65 Å². The minimum absolute atomic E-state index is 0.0157. The van der Waals surface area contributed by atoms with Gasteiger partial charge in [-0.1, -0.05) is 20.8 Å². The van der Waals surface area contributed by atoms with Crippen molar-refractivity contribution in [1.82, 2.24) is 14.8 Å². The smallest absolute Gasteiger partial charge is 0.163 e. The molecule has 0 unspecified atom stereocenters. The molecule has 2 aromatic rings.